The highest BCUT2D eigenvalue weighted by Gasteiger charge is 2.17. The Bertz CT molecular complexity index is 641. The molecule has 3 N–H and O–H groups in total. The van der Waals surface area contributed by atoms with Crippen molar-refractivity contribution < 1.29 is 14.3 Å². The Labute approximate surface area is 122 Å². The molecule has 0 aliphatic heterocycles. The van der Waals surface area contributed by atoms with Gasteiger partial charge in [0, 0.05) is 0 Å². The van der Waals surface area contributed by atoms with E-state index in [1.54, 1.807) is 36.4 Å². The van der Waals surface area contributed by atoms with Gasteiger partial charge in [0.05, 0.1) is 5.56 Å². The number of carbonyl (C=O) groups excluding carboxylic acids is 2. The molecule has 21 heavy (non-hydrogen) atoms. The standard InChI is InChI=1S/C16H16N2O3/c1-11(15(17)19)18-16(20)13-9-5-6-10-14(13)21-12-7-3-2-4-8-12/h2-11H,1H3,(H2,17,19)(H,18,20). The van der Waals surface area contributed by atoms with Crippen LogP contribution in [0.5, 0.6) is 11.5 Å². The van der Waals surface area contributed by atoms with Crippen LogP contribution >= 0.6 is 0 Å². The fourth-order valence-electron chi connectivity index (χ4n) is 1.70. The molecule has 2 aromatic rings. The van der Waals surface area contributed by atoms with Gasteiger partial charge in [-0.05, 0) is 31.2 Å². The Kier molecular flexibility index (Phi) is 4.56. The number of nitrogens with one attached hydrogen (secondary N) is 1. The first-order valence-electron chi connectivity index (χ1n) is 6.50. The van der Waals surface area contributed by atoms with Crippen LogP contribution in [-0.4, -0.2) is 17.9 Å². The topological polar surface area (TPSA) is 81.4 Å². The second-order valence-corrected chi connectivity index (χ2v) is 4.51. The summed E-state index contributed by atoms with van der Waals surface area (Å²) in [6, 6.07) is 15.2. The van der Waals surface area contributed by atoms with E-state index in [1.165, 1.54) is 6.92 Å². The van der Waals surface area contributed by atoms with Crippen molar-refractivity contribution in [2.24, 2.45) is 5.73 Å². The normalized spacial score (nSPS) is 11.5. The van der Waals surface area contributed by atoms with Crippen LogP contribution in [0.4, 0.5) is 0 Å². The third-order valence-electron chi connectivity index (χ3n) is 2.88. The van der Waals surface area contributed by atoms with Crippen LogP contribution in [0.15, 0.2) is 54.6 Å². The van der Waals surface area contributed by atoms with Gasteiger partial charge in [-0.25, -0.2) is 0 Å². The van der Waals surface area contributed by atoms with E-state index in [0.29, 0.717) is 17.1 Å². The van der Waals surface area contributed by atoms with Crippen molar-refractivity contribution in [2.45, 2.75) is 13.0 Å². The Morgan fingerprint density at radius 3 is 2.33 bits per heavy atom. The van der Waals surface area contributed by atoms with Gasteiger partial charge in [0.2, 0.25) is 5.91 Å². The van der Waals surface area contributed by atoms with Gasteiger partial charge in [-0.3, -0.25) is 9.59 Å². The molecular weight excluding hydrogens is 268 g/mol. The molecule has 1 atom stereocenters. The molecule has 5 nitrogen and oxygen atoms in total. The lowest BCUT2D eigenvalue weighted by Gasteiger charge is -2.13. The summed E-state index contributed by atoms with van der Waals surface area (Å²) >= 11 is 0. The molecule has 0 aliphatic rings. The number of benzene rings is 2. The number of primary amides is 1. The number of hydrogen-bond acceptors (Lipinski definition) is 3. The van der Waals surface area contributed by atoms with Crippen LogP contribution in [0.3, 0.4) is 0 Å². The van der Waals surface area contributed by atoms with Gasteiger partial charge in [0.25, 0.3) is 5.91 Å². The monoisotopic (exact) mass is 284 g/mol. The van der Waals surface area contributed by atoms with Gasteiger partial charge in [-0.15, -0.1) is 0 Å². The summed E-state index contributed by atoms with van der Waals surface area (Å²) in [6.45, 7) is 1.53. The number of hydrogen-bond donors (Lipinski definition) is 2. The predicted octanol–water partition coefficient (Wildman–Crippen LogP) is 2.08. The number of amides is 2. The number of para-hydroxylation sites is 2. The third kappa shape index (κ3) is 3.82. The minimum atomic E-state index is -0.748. The highest BCUT2D eigenvalue weighted by Crippen LogP contribution is 2.24. The van der Waals surface area contributed by atoms with Crippen LogP contribution in [-0.2, 0) is 4.79 Å². The van der Waals surface area contributed by atoms with Crippen LogP contribution < -0.4 is 15.8 Å². The van der Waals surface area contributed by atoms with Gasteiger partial charge in [-0.2, -0.15) is 0 Å². The molecule has 2 amide bonds. The number of nitrogens with two attached hydrogens (primary N) is 1. The third-order valence-corrected chi connectivity index (χ3v) is 2.88. The maximum atomic E-state index is 12.2. The lowest BCUT2D eigenvalue weighted by Crippen LogP contribution is -2.42. The molecule has 0 aromatic heterocycles. The van der Waals surface area contributed by atoms with E-state index >= 15 is 0 Å². The van der Waals surface area contributed by atoms with Crippen molar-refractivity contribution in [3.63, 3.8) is 0 Å². The van der Waals surface area contributed by atoms with Crippen molar-refractivity contribution in [1.29, 1.82) is 0 Å². The van der Waals surface area contributed by atoms with E-state index < -0.39 is 17.9 Å². The molecule has 108 valence electrons. The molecule has 2 aromatic carbocycles. The van der Waals surface area contributed by atoms with Crippen molar-refractivity contribution in [3.8, 4) is 11.5 Å². The van der Waals surface area contributed by atoms with E-state index in [9.17, 15) is 9.59 Å². The first kappa shape index (κ1) is 14.6. The van der Waals surface area contributed by atoms with Crippen molar-refractivity contribution >= 4 is 11.8 Å². The molecule has 0 saturated heterocycles. The van der Waals surface area contributed by atoms with Gasteiger partial charge in [0.1, 0.15) is 17.5 Å². The SMILES string of the molecule is CC(NC(=O)c1ccccc1Oc1ccccc1)C(N)=O. The molecule has 0 bridgehead atoms. The second kappa shape index (κ2) is 6.56. The zero-order chi connectivity index (χ0) is 15.2. The average Bonchev–Trinajstić information content (AvgIpc) is 2.48. The Morgan fingerprint density at radius 1 is 1.05 bits per heavy atom. The Morgan fingerprint density at radius 2 is 1.67 bits per heavy atom. The molecule has 0 saturated carbocycles. The van der Waals surface area contributed by atoms with Crippen molar-refractivity contribution in [2.75, 3.05) is 0 Å². The minimum Gasteiger partial charge on any atom is -0.457 e. The summed E-state index contributed by atoms with van der Waals surface area (Å²) in [7, 11) is 0. The summed E-state index contributed by atoms with van der Waals surface area (Å²) in [4.78, 5) is 23.2. The van der Waals surface area contributed by atoms with Crippen LogP contribution in [0.1, 0.15) is 17.3 Å². The Hall–Kier alpha value is -2.82. The lowest BCUT2D eigenvalue weighted by molar-refractivity contribution is -0.119. The van der Waals surface area contributed by atoms with Gasteiger partial charge in [-0.1, -0.05) is 30.3 Å². The van der Waals surface area contributed by atoms with Gasteiger partial charge >= 0.3 is 0 Å². The summed E-state index contributed by atoms with van der Waals surface area (Å²) in [5.41, 5.74) is 5.48. The molecule has 0 aliphatic carbocycles. The predicted molar refractivity (Wildman–Crippen MR) is 79.1 cm³/mol. The first-order valence-corrected chi connectivity index (χ1v) is 6.50. The van der Waals surface area contributed by atoms with Crippen molar-refractivity contribution in [1.82, 2.24) is 5.32 Å². The number of ether oxygens (including phenoxy) is 1. The van der Waals surface area contributed by atoms with E-state index in [0.717, 1.165) is 0 Å². The smallest absolute Gasteiger partial charge is 0.255 e. The van der Waals surface area contributed by atoms with Gasteiger partial charge in [0.15, 0.2) is 0 Å². The second-order valence-electron chi connectivity index (χ2n) is 4.51. The van der Waals surface area contributed by atoms with E-state index in [2.05, 4.69) is 5.32 Å². The Balaban J connectivity index is 2.20. The van der Waals surface area contributed by atoms with E-state index in [1.807, 2.05) is 18.2 Å². The molecule has 2 rings (SSSR count). The highest BCUT2D eigenvalue weighted by molar-refractivity contribution is 5.99. The minimum absolute atomic E-state index is 0.342. The lowest BCUT2D eigenvalue weighted by atomic mass is 10.1. The molecule has 0 radical (unpaired) electrons. The quantitative estimate of drug-likeness (QED) is 0.882. The zero-order valence-corrected chi connectivity index (χ0v) is 11.6. The summed E-state index contributed by atoms with van der Waals surface area (Å²) in [5.74, 6) is 0.0382. The summed E-state index contributed by atoms with van der Waals surface area (Å²) in [5, 5.41) is 2.53. The van der Waals surface area contributed by atoms with Crippen LogP contribution in [0.2, 0.25) is 0 Å². The van der Waals surface area contributed by atoms with E-state index in [4.69, 9.17) is 10.5 Å². The van der Waals surface area contributed by atoms with Crippen molar-refractivity contribution in [3.05, 3.63) is 60.2 Å². The van der Waals surface area contributed by atoms with Crippen LogP contribution in [0.25, 0.3) is 0 Å². The molecule has 0 heterocycles. The molecule has 0 fully saturated rings. The molecular formula is C16H16N2O3. The fourth-order valence-corrected chi connectivity index (χ4v) is 1.70. The highest BCUT2D eigenvalue weighted by atomic mass is 16.5. The van der Waals surface area contributed by atoms with E-state index in [-0.39, 0.29) is 0 Å². The molecule has 0 spiro atoms. The summed E-state index contributed by atoms with van der Waals surface area (Å²) in [6.07, 6.45) is 0. The van der Waals surface area contributed by atoms with Crippen LogP contribution in [0, 0.1) is 0 Å². The largest absolute Gasteiger partial charge is 0.457 e. The maximum Gasteiger partial charge on any atom is 0.255 e. The number of rotatable bonds is 5. The molecule has 1 unspecified atom stereocenters. The first-order chi connectivity index (χ1) is 10.1. The molecule has 5 heteroatoms. The maximum absolute atomic E-state index is 12.2. The zero-order valence-electron chi connectivity index (χ0n) is 11.6. The fraction of sp³-hybridized carbons (Fsp3) is 0.125. The summed E-state index contributed by atoms with van der Waals surface area (Å²) < 4.78 is 5.70. The number of carbonyl (C=O) groups is 2. The van der Waals surface area contributed by atoms with Gasteiger partial charge < -0.3 is 15.8 Å². The average molecular weight is 284 g/mol.